The van der Waals surface area contributed by atoms with Crippen LogP contribution >= 0.6 is 0 Å². The lowest BCUT2D eigenvalue weighted by molar-refractivity contribution is -0.162. The van der Waals surface area contributed by atoms with Crippen LogP contribution in [0.2, 0.25) is 0 Å². The molecule has 278 valence electrons. The molecular formula is C39H54N4O8. The summed E-state index contributed by atoms with van der Waals surface area (Å²) in [5, 5.41) is 4.17. The van der Waals surface area contributed by atoms with Gasteiger partial charge >= 0.3 is 18.2 Å². The third-order valence-electron chi connectivity index (χ3n) is 9.39. The van der Waals surface area contributed by atoms with Crippen molar-refractivity contribution >= 4 is 40.7 Å². The van der Waals surface area contributed by atoms with Crippen molar-refractivity contribution in [1.82, 2.24) is 14.8 Å². The Morgan fingerprint density at radius 2 is 1.71 bits per heavy atom. The summed E-state index contributed by atoms with van der Waals surface area (Å²) in [6.45, 7) is 12.9. The second-order valence-electron chi connectivity index (χ2n) is 14.2. The largest absolute Gasteiger partial charge is 0.493 e. The number of nitrogens with zero attached hydrogens (tertiary/aromatic N) is 3. The zero-order chi connectivity index (χ0) is 37.9. The standard InChI is InChI=1S/C39H54N4O8/c1-7-23-49-36(46)41-34-32-18-17-31(26-28(32)19-21-40-34)48-25-20-30-16-12-13-22-42(30)35(45)39(6,29-14-10-9-11-15-29)43(37(47)50-24-8-2)27-33(44)51-38(3,4)5/h7-8,17-19,21,26,29-30H,1-2,9-16,20,22-25,27H2,3-6H3,(H,40,41,46)/t30?,39-/m1/s1/i27D/t27?,30?,39-. The van der Waals surface area contributed by atoms with Gasteiger partial charge in [0, 0.05) is 30.6 Å². The number of ether oxygens (including phenoxy) is 4. The molecule has 3 atom stereocenters. The van der Waals surface area contributed by atoms with E-state index in [2.05, 4.69) is 23.5 Å². The molecule has 2 aromatic rings. The summed E-state index contributed by atoms with van der Waals surface area (Å²) in [5.74, 6) is -0.549. The minimum Gasteiger partial charge on any atom is -0.493 e. The van der Waals surface area contributed by atoms with Gasteiger partial charge in [0.15, 0.2) is 0 Å². The lowest BCUT2D eigenvalue weighted by Crippen LogP contribution is -2.66. The minimum atomic E-state index is -1.82. The van der Waals surface area contributed by atoms with Crippen LogP contribution in [0, 0.1) is 5.92 Å². The van der Waals surface area contributed by atoms with Crippen LogP contribution in [0.5, 0.6) is 5.75 Å². The van der Waals surface area contributed by atoms with E-state index >= 15 is 4.79 Å². The molecule has 1 saturated heterocycles. The maximum Gasteiger partial charge on any atom is 0.413 e. The van der Waals surface area contributed by atoms with E-state index in [1.54, 1.807) is 40.0 Å². The highest BCUT2D eigenvalue weighted by Crippen LogP contribution is 2.40. The molecule has 3 amide bonds. The second kappa shape index (κ2) is 18.1. The number of pyridine rings is 1. The van der Waals surface area contributed by atoms with Crippen molar-refractivity contribution in [2.45, 2.75) is 103 Å². The molecule has 0 radical (unpaired) electrons. The highest BCUT2D eigenvalue weighted by Gasteiger charge is 2.52. The highest BCUT2D eigenvalue weighted by molar-refractivity contribution is 5.98. The Balaban J connectivity index is 1.57. The number of likely N-dealkylation sites (tertiary alicyclic amines) is 1. The van der Waals surface area contributed by atoms with Gasteiger partial charge in [0.2, 0.25) is 5.91 Å². The van der Waals surface area contributed by atoms with Crippen molar-refractivity contribution in [3.63, 3.8) is 0 Å². The van der Waals surface area contributed by atoms with Gasteiger partial charge in [0.25, 0.3) is 0 Å². The average molecular weight is 708 g/mol. The molecule has 2 unspecified atom stereocenters. The summed E-state index contributed by atoms with van der Waals surface area (Å²) >= 11 is 0. The molecule has 1 aromatic carbocycles. The van der Waals surface area contributed by atoms with Crippen LogP contribution in [0.15, 0.2) is 55.8 Å². The number of nitrogens with one attached hydrogen (secondary N) is 1. The Labute approximate surface area is 302 Å². The van der Waals surface area contributed by atoms with E-state index in [1.165, 1.54) is 12.2 Å². The third-order valence-corrected chi connectivity index (χ3v) is 9.39. The molecule has 2 aliphatic rings. The van der Waals surface area contributed by atoms with Crippen molar-refractivity contribution in [2.24, 2.45) is 5.92 Å². The summed E-state index contributed by atoms with van der Waals surface area (Å²) in [6.07, 6.45) is 9.98. The molecule has 0 spiro atoms. The molecule has 1 aliphatic heterocycles. The first-order valence-corrected chi connectivity index (χ1v) is 17.9. The number of aromatic nitrogens is 1. The Kier molecular flexibility index (Phi) is 13.3. The van der Waals surface area contributed by atoms with Gasteiger partial charge in [-0.1, -0.05) is 44.6 Å². The number of anilines is 1. The molecule has 4 rings (SSSR count). The quantitative estimate of drug-likeness (QED) is 0.121. The summed E-state index contributed by atoms with van der Waals surface area (Å²) in [5.41, 5.74) is -2.45. The van der Waals surface area contributed by atoms with Gasteiger partial charge in [-0.05, 0) is 95.4 Å². The Hall–Kier alpha value is -4.61. The number of esters is 1. The van der Waals surface area contributed by atoms with Crippen molar-refractivity contribution in [3.05, 3.63) is 55.8 Å². The molecule has 0 bridgehead atoms. The monoisotopic (exact) mass is 707 g/mol. The number of rotatable bonds is 14. The molecule has 51 heavy (non-hydrogen) atoms. The predicted octanol–water partition coefficient (Wildman–Crippen LogP) is 7.42. The predicted molar refractivity (Wildman–Crippen MR) is 195 cm³/mol. The molecule has 1 aliphatic carbocycles. The molecule has 2 fully saturated rings. The van der Waals surface area contributed by atoms with Crippen LogP contribution in [0.25, 0.3) is 10.8 Å². The van der Waals surface area contributed by atoms with E-state index in [4.69, 9.17) is 20.3 Å². The number of benzene rings is 1. The van der Waals surface area contributed by atoms with E-state index in [-0.39, 0.29) is 31.1 Å². The number of amides is 3. The highest BCUT2D eigenvalue weighted by atomic mass is 16.6. The first kappa shape index (κ1) is 37.6. The van der Waals surface area contributed by atoms with E-state index in [9.17, 15) is 14.4 Å². The SMILES string of the molecule is [2H]C(C(=O)OC(C)(C)C)N(C(=O)OCC=C)[C@@](C)(C(=O)N1CCCCC1CCOc1ccc2c(NC(=O)OCC=C)nccc2c1)C1CCCCC1. The third kappa shape index (κ3) is 10.5. The lowest BCUT2D eigenvalue weighted by Gasteiger charge is -2.49. The first-order chi connectivity index (χ1) is 24.8. The number of piperidine rings is 1. The van der Waals surface area contributed by atoms with Gasteiger partial charge in [-0.2, -0.15) is 0 Å². The number of carbonyl (C=O) groups excluding carboxylic acids is 4. The molecular weight excluding hydrogens is 652 g/mol. The van der Waals surface area contributed by atoms with Gasteiger partial charge in [-0.15, -0.1) is 0 Å². The van der Waals surface area contributed by atoms with Gasteiger partial charge in [-0.3, -0.25) is 19.8 Å². The van der Waals surface area contributed by atoms with Crippen LogP contribution in [0.1, 0.15) is 86.9 Å². The molecule has 1 N–H and O–H groups in total. The average Bonchev–Trinajstić information content (AvgIpc) is 3.12. The maximum absolute atomic E-state index is 15.0. The summed E-state index contributed by atoms with van der Waals surface area (Å²) in [6, 6.07) is 7.10. The van der Waals surface area contributed by atoms with Crippen molar-refractivity contribution in [3.8, 4) is 5.75 Å². The second-order valence-corrected chi connectivity index (χ2v) is 14.2. The van der Waals surface area contributed by atoms with Gasteiger partial charge < -0.3 is 23.8 Å². The Morgan fingerprint density at radius 3 is 2.41 bits per heavy atom. The van der Waals surface area contributed by atoms with E-state index in [0.717, 1.165) is 48.8 Å². The number of carbonyl (C=O) groups is 4. The van der Waals surface area contributed by atoms with Crippen LogP contribution < -0.4 is 10.1 Å². The molecule has 1 saturated carbocycles. The molecule has 12 nitrogen and oxygen atoms in total. The molecule has 12 heteroatoms. The van der Waals surface area contributed by atoms with Crippen LogP contribution in [-0.2, 0) is 23.8 Å². The minimum absolute atomic E-state index is 0.0792. The molecule has 2 heterocycles. The van der Waals surface area contributed by atoms with Crippen molar-refractivity contribution in [1.29, 1.82) is 0 Å². The fraction of sp³-hybridized carbons (Fsp3) is 0.564. The van der Waals surface area contributed by atoms with Crippen LogP contribution in [-0.4, -0.2) is 88.9 Å². The van der Waals surface area contributed by atoms with E-state index in [1.807, 2.05) is 23.1 Å². The zero-order valence-electron chi connectivity index (χ0n) is 31.5. The lowest BCUT2D eigenvalue weighted by atomic mass is 9.73. The van der Waals surface area contributed by atoms with Crippen LogP contribution in [0.4, 0.5) is 15.4 Å². The van der Waals surface area contributed by atoms with Gasteiger partial charge in [0.05, 0.1) is 7.98 Å². The van der Waals surface area contributed by atoms with Crippen LogP contribution in [0.3, 0.4) is 0 Å². The van der Waals surface area contributed by atoms with Gasteiger partial charge in [-0.25, -0.2) is 14.6 Å². The fourth-order valence-electron chi connectivity index (χ4n) is 6.93. The fourth-order valence-corrected chi connectivity index (χ4v) is 6.93. The maximum atomic E-state index is 15.0. The Morgan fingerprint density at radius 1 is 1.00 bits per heavy atom. The number of hydrogen-bond acceptors (Lipinski definition) is 9. The number of fused-ring (bicyclic) bond motifs is 1. The van der Waals surface area contributed by atoms with Gasteiger partial charge in [0.1, 0.15) is 42.4 Å². The summed E-state index contributed by atoms with van der Waals surface area (Å²) < 4.78 is 31.3. The summed E-state index contributed by atoms with van der Waals surface area (Å²) in [7, 11) is 0. The molecule has 1 aromatic heterocycles. The topological polar surface area (TPSA) is 137 Å². The Bertz CT molecular complexity index is 1590. The normalized spacial score (nSPS) is 18.7. The van der Waals surface area contributed by atoms with Crippen molar-refractivity contribution < 1.29 is 39.5 Å². The van der Waals surface area contributed by atoms with E-state index in [0.29, 0.717) is 49.4 Å². The van der Waals surface area contributed by atoms with Crippen molar-refractivity contribution in [2.75, 3.05) is 38.2 Å². The summed E-state index contributed by atoms with van der Waals surface area (Å²) in [4.78, 5) is 61.4. The zero-order valence-corrected chi connectivity index (χ0v) is 30.5. The smallest absolute Gasteiger partial charge is 0.413 e. The first-order valence-electron chi connectivity index (χ1n) is 18.5. The number of hydrogen-bond donors (Lipinski definition) is 1. The van der Waals surface area contributed by atoms with E-state index < -0.39 is 35.8 Å².